The number of carbonyl (C=O) groups is 2. The maximum absolute atomic E-state index is 12.6. The van der Waals surface area contributed by atoms with Gasteiger partial charge in [0.05, 0.1) is 18.3 Å². The molecule has 1 unspecified atom stereocenters. The van der Waals surface area contributed by atoms with E-state index in [0.717, 1.165) is 41.2 Å². The number of aliphatic carboxylic acids is 1. The molecule has 3 aromatic rings. The second-order valence-electron chi connectivity index (χ2n) is 7.93. The summed E-state index contributed by atoms with van der Waals surface area (Å²) in [6.07, 6.45) is 4.57. The van der Waals surface area contributed by atoms with Crippen molar-refractivity contribution in [3.8, 4) is 17.0 Å². The smallest absolute Gasteiger partial charge is 0.303 e. The van der Waals surface area contributed by atoms with Gasteiger partial charge in [0, 0.05) is 43.6 Å². The van der Waals surface area contributed by atoms with Crippen LogP contribution in [0, 0.1) is 0 Å². The van der Waals surface area contributed by atoms with Crippen molar-refractivity contribution in [2.24, 2.45) is 0 Å². The molecule has 0 aliphatic carbocycles. The number of carboxylic acid groups (broad SMARTS) is 1. The molecule has 0 saturated carbocycles. The number of imidazole rings is 1. The summed E-state index contributed by atoms with van der Waals surface area (Å²) in [5.74, 6) is 1.04. The molecule has 0 bridgehead atoms. The molecular weight excluding hydrogens is 394 g/mol. The SMILES string of the molecule is COc1cccc(-c2nc(C3CCCN(C(=O)CCCC(=O)O)C3)n3ccccc23)c1. The first-order valence-corrected chi connectivity index (χ1v) is 10.7. The molecule has 1 fully saturated rings. The topological polar surface area (TPSA) is 84.1 Å². The molecule has 0 radical (unpaired) electrons. The van der Waals surface area contributed by atoms with E-state index < -0.39 is 5.97 Å². The third kappa shape index (κ3) is 4.55. The van der Waals surface area contributed by atoms with Gasteiger partial charge in [-0.3, -0.25) is 9.59 Å². The summed E-state index contributed by atoms with van der Waals surface area (Å²) in [5.41, 5.74) is 2.92. The second kappa shape index (κ2) is 9.20. The fraction of sp³-hybridized carbons (Fsp3) is 0.375. The number of ether oxygens (including phenoxy) is 1. The highest BCUT2D eigenvalue weighted by atomic mass is 16.5. The van der Waals surface area contributed by atoms with Crippen LogP contribution in [0.4, 0.5) is 0 Å². The molecule has 1 saturated heterocycles. The van der Waals surface area contributed by atoms with E-state index in [4.69, 9.17) is 14.8 Å². The number of rotatable bonds is 7. The lowest BCUT2D eigenvalue weighted by Gasteiger charge is -2.32. The molecule has 31 heavy (non-hydrogen) atoms. The van der Waals surface area contributed by atoms with Gasteiger partial charge in [0.1, 0.15) is 11.6 Å². The summed E-state index contributed by atoms with van der Waals surface area (Å²) in [6.45, 7) is 1.33. The normalized spacial score (nSPS) is 16.4. The van der Waals surface area contributed by atoms with Crippen molar-refractivity contribution < 1.29 is 19.4 Å². The first-order chi connectivity index (χ1) is 15.1. The van der Waals surface area contributed by atoms with Crippen molar-refractivity contribution in [2.45, 2.75) is 38.0 Å². The Labute approximate surface area is 181 Å². The molecule has 7 heteroatoms. The van der Waals surface area contributed by atoms with Gasteiger partial charge in [0.15, 0.2) is 0 Å². The predicted octanol–water partition coefficient (Wildman–Crippen LogP) is 3.97. The van der Waals surface area contributed by atoms with Crippen LogP contribution in [0.5, 0.6) is 5.75 Å². The number of methoxy groups -OCH3 is 1. The fourth-order valence-corrected chi connectivity index (χ4v) is 4.30. The van der Waals surface area contributed by atoms with Crippen molar-refractivity contribution in [1.82, 2.24) is 14.3 Å². The van der Waals surface area contributed by atoms with Gasteiger partial charge in [0.25, 0.3) is 0 Å². The summed E-state index contributed by atoms with van der Waals surface area (Å²) < 4.78 is 7.51. The van der Waals surface area contributed by atoms with Crippen molar-refractivity contribution in [2.75, 3.05) is 20.2 Å². The van der Waals surface area contributed by atoms with E-state index >= 15 is 0 Å². The average Bonchev–Trinajstić information content (AvgIpc) is 3.19. The summed E-state index contributed by atoms with van der Waals surface area (Å²) in [7, 11) is 1.65. The van der Waals surface area contributed by atoms with E-state index in [2.05, 4.69) is 10.5 Å². The highest BCUT2D eigenvalue weighted by Gasteiger charge is 2.28. The number of aromatic nitrogens is 2. The summed E-state index contributed by atoms with van der Waals surface area (Å²) in [5, 5.41) is 8.81. The lowest BCUT2D eigenvalue weighted by atomic mass is 9.96. The van der Waals surface area contributed by atoms with Gasteiger partial charge in [-0.1, -0.05) is 18.2 Å². The molecule has 3 heterocycles. The molecule has 2 aromatic heterocycles. The van der Waals surface area contributed by atoms with Gasteiger partial charge in [-0.2, -0.15) is 0 Å². The quantitative estimate of drug-likeness (QED) is 0.624. The number of amides is 1. The van der Waals surface area contributed by atoms with E-state index in [1.54, 1.807) is 7.11 Å². The zero-order valence-corrected chi connectivity index (χ0v) is 17.7. The third-order valence-electron chi connectivity index (χ3n) is 5.84. The number of hydrogen-bond acceptors (Lipinski definition) is 4. The number of piperidine rings is 1. The Kier molecular flexibility index (Phi) is 6.21. The molecule has 1 aliphatic rings. The van der Waals surface area contributed by atoms with Crippen molar-refractivity contribution >= 4 is 17.4 Å². The van der Waals surface area contributed by atoms with Crippen LogP contribution in [-0.2, 0) is 9.59 Å². The molecule has 1 aromatic carbocycles. The zero-order valence-electron chi connectivity index (χ0n) is 17.7. The largest absolute Gasteiger partial charge is 0.497 e. The van der Waals surface area contributed by atoms with Gasteiger partial charge < -0.3 is 19.1 Å². The van der Waals surface area contributed by atoms with Crippen LogP contribution in [0.25, 0.3) is 16.8 Å². The minimum absolute atomic E-state index is 0.0256. The van der Waals surface area contributed by atoms with Crippen LogP contribution in [0.2, 0.25) is 0 Å². The van der Waals surface area contributed by atoms with Gasteiger partial charge in [0.2, 0.25) is 5.91 Å². The van der Waals surface area contributed by atoms with Crippen LogP contribution in [0.15, 0.2) is 48.7 Å². The lowest BCUT2D eigenvalue weighted by molar-refractivity contribution is -0.137. The van der Waals surface area contributed by atoms with Crippen LogP contribution in [-0.4, -0.2) is 51.5 Å². The Morgan fingerprint density at radius 3 is 2.87 bits per heavy atom. The number of nitrogens with zero attached hydrogens (tertiary/aromatic N) is 3. The zero-order chi connectivity index (χ0) is 21.8. The highest BCUT2D eigenvalue weighted by molar-refractivity contribution is 5.79. The molecule has 7 nitrogen and oxygen atoms in total. The first kappa shape index (κ1) is 20.9. The molecular formula is C24H27N3O4. The van der Waals surface area contributed by atoms with Crippen LogP contribution in [0.3, 0.4) is 0 Å². The summed E-state index contributed by atoms with van der Waals surface area (Å²) in [6, 6.07) is 13.9. The van der Waals surface area contributed by atoms with E-state index in [0.29, 0.717) is 19.5 Å². The van der Waals surface area contributed by atoms with E-state index in [1.807, 2.05) is 47.5 Å². The van der Waals surface area contributed by atoms with Crippen molar-refractivity contribution in [3.63, 3.8) is 0 Å². The molecule has 1 N–H and O–H groups in total. The molecule has 1 aliphatic heterocycles. The number of hydrogen-bond donors (Lipinski definition) is 1. The third-order valence-corrected chi connectivity index (χ3v) is 5.84. The number of benzene rings is 1. The number of carbonyl (C=O) groups excluding carboxylic acids is 1. The van der Waals surface area contributed by atoms with Gasteiger partial charge >= 0.3 is 5.97 Å². The maximum atomic E-state index is 12.6. The monoisotopic (exact) mass is 421 g/mol. The Morgan fingerprint density at radius 2 is 2.06 bits per heavy atom. The number of fused-ring (bicyclic) bond motifs is 1. The molecule has 4 rings (SSSR count). The number of pyridine rings is 1. The Hall–Kier alpha value is -3.35. The second-order valence-corrected chi connectivity index (χ2v) is 7.93. The fourth-order valence-electron chi connectivity index (χ4n) is 4.30. The van der Waals surface area contributed by atoms with Crippen molar-refractivity contribution in [1.29, 1.82) is 0 Å². The highest BCUT2D eigenvalue weighted by Crippen LogP contribution is 2.33. The maximum Gasteiger partial charge on any atom is 0.303 e. The average molecular weight is 421 g/mol. The predicted molar refractivity (Wildman–Crippen MR) is 117 cm³/mol. The Balaban J connectivity index is 1.60. The molecule has 1 amide bonds. The lowest BCUT2D eigenvalue weighted by Crippen LogP contribution is -2.39. The van der Waals surface area contributed by atoms with Gasteiger partial charge in [-0.05, 0) is 43.5 Å². The van der Waals surface area contributed by atoms with Crippen LogP contribution < -0.4 is 4.74 Å². The number of carboxylic acids is 1. The summed E-state index contributed by atoms with van der Waals surface area (Å²) >= 11 is 0. The number of likely N-dealkylation sites (tertiary alicyclic amines) is 1. The van der Waals surface area contributed by atoms with Crippen molar-refractivity contribution in [3.05, 3.63) is 54.5 Å². The molecule has 162 valence electrons. The molecule has 0 spiro atoms. The Morgan fingerprint density at radius 1 is 1.19 bits per heavy atom. The standard InChI is InChI=1S/C24H27N3O4/c1-31-19-9-4-7-17(15-19)23-20-10-2-3-14-27(20)24(25-23)18-8-6-13-26(16-18)21(28)11-5-12-22(29)30/h2-4,7,9-10,14-15,18H,5-6,8,11-13,16H2,1H3,(H,29,30). The molecule has 1 atom stereocenters. The van der Waals surface area contributed by atoms with Crippen LogP contribution >= 0.6 is 0 Å². The minimum atomic E-state index is -0.863. The Bertz CT molecular complexity index is 1090. The van der Waals surface area contributed by atoms with E-state index in [-0.39, 0.29) is 24.7 Å². The van der Waals surface area contributed by atoms with E-state index in [1.165, 1.54) is 0 Å². The minimum Gasteiger partial charge on any atom is -0.497 e. The summed E-state index contributed by atoms with van der Waals surface area (Å²) in [4.78, 5) is 30.2. The van der Waals surface area contributed by atoms with E-state index in [9.17, 15) is 9.59 Å². The first-order valence-electron chi connectivity index (χ1n) is 10.7. The van der Waals surface area contributed by atoms with Gasteiger partial charge in [-0.15, -0.1) is 0 Å². The van der Waals surface area contributed by atoms with Gasteiger partial charge in [-0.25, -0.2) is 4.98 Å². The van der Waals surface area contributed by atoms with Crippen LogP contribution in [0.1, 0.15) is 43.8 Å².